The molecule has 9 nitrogen and oxygen atoms in total. The second kappa shape index (κ2) is 33.8. The molecule has 0 amide bonds. The van der Waals surface area contributed by atoms with Gasteiger partial charge in [-0.05, 0) is 12.8 Å². The highest BCUT2D eigenvalue weighted by atomic mass is 31.2. The van der Waals surface area contributed by atoms with Crippen LogP contribution in [0.2, 0.25) is 0 Å². The van der Waals surface area contributed by atoms with E-state index in [0.29, 0.717) is 17.4 Å². The van der Waals surface area contributed by atoms with Gasteiger partial charge in [-0.2, -0.15) is 0 Å². The number of hydrogen-bond acceptors (Lipinski definition) is 8. The minimum absolute atomic E-state index is 0.0259. The molecule has 0 aliphatic carbocycles. The van der Waals surface area contributed by atoms with E-state index in [4.69, 9.17) is 18.5 Å². The molecule has 0 rings (SSSR count). The van der Waals surface area contributed by atoms with Crippen molar-refractivity contribution in [1.29, 1.82) is 0 Å². The molecule has 0 heterocycles. The predicted octanol–water partition coefficient (Wildman–Crippen LogP) is 10.6. The molecule has 0 N–H and O–H groups in total. The van der Waals surface area contributed by atoms with Crippen molar-refractivity contribution in [2.45, 2.75) is 200 Å². The molecular formula is C40H80NO8P. The average molecular weight is 734 g/mol. The van der Waals surface area contributed by atoms with Gasteiger partial charge in [0, 0.05) is 12.8 Å². The first-order valence-corrected chi connectivity index (χ1v) is 22.2. The van der Waals surface area contributed by atoms with E-state index in [1.165, 1.54) is 128 Å². The number of rotatable bonds is 38. The lowest BCUT2D eigenvalue weighted by atomic mass is 10.0. The fraction of sp³-hybridized carbons (Fsp3) is 0.950. The minimum atomic E-state index is -4.61. The fourth-order valence-electron chi connectivity index (χ4n) is 5.83. The fourth-order valence-corrected chi connectivity index (χ4v) is 6.56. The summed E-state index contributed by atoms with van der Waals surface area (Å²) in [5, 5.41) is 0. The van der Waals surface area contributed by atoms with Gasteiger partial charge in [0.05, 0.1) is 27.7 Å². The maximum atomic E-state index is 12.6. The summed E-state index contributed by atoms with van der Waals surface area (Å²) in [6, 6.07) is 0. The van der Waals surface area contributed by atoms with Crippen LogP contribution in [0.4, 0.5) is 0 Å². The smallest absolute Gasteiger partial charge is 0.306 e. The second-order valence-electron chi connectivity index (χ2n) is 15.4. The van der Waals surface area contributed by atoms with Crippen LogP contribution in [-0.4, -0.2) is 70.0 Å². The molecule has 50 heavy (non-hydrogen) atoms. The number of quaternary nitrogens is 1. The third kappa shape index (κ3) is 36.8. The number of esters is 2. The number of unbranched alkanes of at least 4 members (excludes halogenated alkanes) is 24. The number of phosphoric acid groups is 1. The summed E-state index contributed by atoms with van der Waals surface area (Å²) in [6.07, 6.45) is 31.2. The van der Waals surface area contributed by atoms with Crippen molar-refractivity contribution in [3.63, 3.8) is 0 Å². The highest BCUT2D eigenvalue weighted by Gasteiger charge is 2.21. The molecule has 0 radical (unpaired) electrons. The van der Waals surface area contributed by atoms with Crippen LogP contribution < -0.4 is 4.89 Å². The van der Waals surface area contributed by atoms with Crippen LogP contribution in [0.3, 0.4) is 0 Å². The number of likely N-dealkylation sites (N-methyl/N-ethyl adjacent to an activating group) is 1. The van der Waals surface area contributed by atoms with Crippen molar-refractivity contribution < 1.29 is 42.1 Å². The molecule has 298 valence electrons. The molecule has 0 saturated heterocycles. The highest BCUT2D eigenvalue weighted by molar-refractivity contribution is 7.45. The first-order chi connectivity index (χ1) is 24.0. The van der Waals surface area contributed by atoms with Crippen LogP contribution in [0.5, 0.6) is 0 Å². The zero-order valence-electron chi connectivity index (χ0n) is 33.4. The van der Waals surface area contributed by atoms with E-state index in [0.717, 1.165) is 32.1 Å². The zero-order chi connectivity index (χ0) is 37.2. The summed E-state index contributed by atoms with van der Waals surface area (Å²) in [5.74, 6) is -0.824. The molecular weight excluding hydrogens is 653 g/mol. The Hall–Kier alpha value is -0.990. The standard InChI is InChI=1S/C40H80NO8P/c1-6-8-10-12-14-16-18-19-20-21-23-25-27-29-31-33-40(43)49-38(37-48-50(44,45)47-35-34-41(3,4)5)36-46-39(42)32-30-28-26-24-22-17-15-13-11-9-7-2/h38H,6-37H2,1-5H3. The Morgan fingerprint density at radius 2 is 0.900 bits per heavy atom. The van der Waals surface area contributed by atoms with Gasteiger partial charge in [0.1, 0.15) is 19.8 Å². The molecule has 10 heteroatoms. The molecule has 2 atom stereocenters. The second-order valence-corrected chi connectivity index (χ2v) is 16.8. The summed E-state index contributed by atoms with van der Waals surface area (Å²) in [4.78, 5) is 37.4. The van der Waals surface area contributed by atoms with Crippen molar-refractivity contribution in [3.05, 3.63) is 0 Å². The Kier molecular flexibility index (Phi) is 33.2. The summed E-state index contributed by atoms with van der Waals surface area (Å²) in [7, 11) is 1.18. The first-order valence-electron chi connectivity index (χ1n) is 20.7. The van der Waals surface area contributed by atoms with E-state index in [2.05, 4.69) is 13.8 Å². The summed E-state index contributed by atoms with van der Waals surface area (Å²) >= 11 is 0. The Morgan fingerprint density at radius 3 is 1.28 bits per heavy atom. The van der Waals surface area contributed by atoms with Gasteiger partial charge >= 0.3 is 11.9 Å². The van der Waals surface area contributed by atoms with Crippen LogP contribution in [0, 0.1) is 0 Å². The van der Waals surface area contributed by atoms with Gasteiger partial charge in [-0.25, -0.2) is 0 Å². The Balaban J connectivity index is 4.35. The van der Waals surface area contributed by atoms with E-state index >= 15 is 0 Å². The van der Waals surface area contributed by atoms with Crippen LogP contribution in [0.25, 0.3) is 0 Å². The third-order valence-corrected chi connectivity index (χ3v) is 10.1. The lowest BCUT2D eigenvalue weighted by molar-refractivity contribution is -0.870. The SMILES string of the molecule is CCCCCCCCCCCCCCCCCC(=O)OC(COC(=O)CCCCCCCCCCCCC)COP(=O)([O-])OCC[N+](C)(C)C. The number of ether oxygens (including phenoxy) is 2. The lowest BCUT2D eigenvalue weighted by Crippen LogP contribution is -2.37. The van der Waals surface area contributed by atoms with Crippen LogP contribution >= 0.6 is 7.82 Å². The number of nitrogens with zero attached hydrogens (tertiary/aromatic N) is 1. The van der Waals surface area contributed by atoms with E-state index < -0.39 is 26.5 Å². The molecule has 0 aromatic rings. The lowest BCUT2D eigenvalue weighted by Gasteiger charge is -2.28. The van der Waals surface area contributed by atoms with Gasteiger partial charge < -0.3 is 27.9 Å². The predicted molar refractivity (Wildman–Crippen MR) is 204 cm³/mol. The van der Waals surface area contributed by atoms with Gasteiger partial charge in [-0.3, -0.25) is 14.2 Å². The summed E-state index contributed by atoms with van der Waals surface area (Å²) < 4.78 is 33.8. The maximum Gasteiger partial charge on any atom is 0.306 e. The van der Waals surface area contributed by atoms with Crippen molar-refractivity contribution in [2.75, 3.05) is 47.5 Å². The molecule has 0 fully saturated rings. The Bertz CT molecular complexity index is 835. The van der Waals surface area contributed by atoms with Crippen LogP contribution in [0.15, 0.2) is 0 Å². The zero-order valence-corrected chi connectivity index (χ0v) is 34.3. The molecule has 0 saturated carbocycles. The normalized spacial score (nSPS) is 13.6. The van der Waals surface area contributed by atoms with Gasteiger partial charge in [-0.1, -0.05) is 168 Å². The van der Waals surface area contributed by atoms with E-state index in [1.807, 2.05) is 21.1 Å². The van der Waals surface area contributed by atoms with Crippen molar-refractivity contribution in [2.24, 2.45) is 0 Å². The number of carbonyl (C=O) groups excluding carboxylic acids is 2. The number of phosphoric ester groups is 1. The molecule has 0 aliphatic heterocycles. The topological polar surface area (TPSA) is 111 Å². The van der Waals surface area contributed by atoms with Gasteiger partial charge in [0.15, 0.2) is 6.10 Å². The van der Waals surface area contributed by atoms with E-state index in [-0.39, 0.29) is 32.0 Å². The van der Waals surface area contributed by atoms with Gasteiger partial charge in [0.25, 0.3) is 7.82 Å². The molecule has 2 unspecified atom stereocenters. The van der Waals surface area contributed by atoms with Crippen molar-refractivity contribution in [3.8, 4) is 0 Å². The minimum Gasteiger partial charge on any atom is -0.756 e. The Morgan fingerprint density at radius 1 is 0.540 bits per heavy atom. The average Bonchev–Trinajstić information content (AvgIpc) is 3.06. The van der Waals surface area contributed by atoms with Crippen molar-refractivity contribution >= 4 is 19.8 Å². The Labute approximate surface area is 308 Å². The largest absolute Gasteiger partial charge is 0.756 e. The summed E-state index contributed by atoms with van der Waals surface area (Å²) in [5.41, 5.74) is 0. The summed E-state index contributed by atoms with van der Waals surface area (Å²) in [6.45, 7) is 4.24. The van der Waals surface area contributed by atoms with E-state index in [9.17, 15) is 19.0 Å². The first kappa shape index (κ1) is 49.0. The molecule has 0 bridgehead atoms. The van der Waals surface area contributed by atoms with Crippen LogP contribution in [0.1, 0.15) is 194 Å². The maximum absolute atomic E-state index is 12.6. The highest BCUT2D eigenvalue weighted by Crippen LogP contribution is 2.38. The molecule has 0 aliphatic rings. The van der Waals surface area contributed by atoms with E-state index in [1.54, 1.807) is 0 Å². The van der Waals surface area contributed by atoms with Crippen molar-refractivity contribution in [1.82, 2.24) is 0 Å². The molecule has 0 spiro atoms. The molecule has 0 aromatic heterocycles. The van der Waals surface area contributed by atoms with Gasteiger partial charge in [0.2, 0.25) is 0 Å². The van der Waals surface area contributed by atoms with Crippen LogP contribution in [-0.2, 0) is 32.7 Å². The van der Waals surface area contributed by atoms with Gasteiger partial charge in [-0.15, -0.1) is 0 Å². The number of carbonyl (C=O) groups is 2. The number of hydrogen-bond donors (Lipinski definition) is 0. The monoisotopic (exact) mass is 734 g/mol. The third-order valence-electron chi connectivity index (χ3n) is 9.13. The molecule has 0 aromatic carbocycles. The quantitative estimate of drug-likeness (QED) is 0.0267.